The number of allylic oxidation sites excluding steroid dienone is 1. The van der Waals surface area contributed by atoms with Crippen molar-refractivity contribution in [3.8, 4) is 22.6 Å². The minimum atomic E-state index is -4.78. The van der Waals surface area contributed by atoms with Crippen molar-refractivity contribution in [3.63, 3.8) is 0 Å². The molecule has 4 aliphatic carbocycles. The summed E-state index contributed by atoms with van der Waals surface area (Å²) in [7, 11) is 0. The van der Waals surface area contributed by atoms with Gasteiger partial charge in [0.25, 0.3) is 5.83 Å². The van der Waals surface area contributed by atoms with E-state index in [1.807, 2.05) is 0 Å². The summed E-state index contributed by atoms with van der Waals surface area (Å²) in [6.45, 7) is 18.0. The number of halogens is 12. The summed E-state index contributed by atoms with van der Waals surface area (Å²) >= 11 is 6.21. The summed E-state index contributed by atoms with van der Waals surface area (Å²) in [5.74, 6) is -4.74. The second kappa shape index (κ2) is 40.4. The first-order valence-electron chi connectivity index (χ1n) is 31.9. The van der Waals surface area contributed by atoms with E-state index in [9.17, 15) is 48.3 Å². The Hall–Kier alpha value is -3.92. The monoisotopic (exact) mass is 1290 g/mol. The Morgan fingerprint density at radius 3 is 1.03 bits per heavy atom. The Morgan fingerprint density at radius 1 is 0.433 bits per heavy atom. The Bertz CT molecular complexity index is 2570. The first-order valence-corrected chi connectivity index (χ1v) is 32.3. The molecule has 4 fully saturated rings. The zero-order valence-electron chi connectivity index (χ0n) is 54.2. The van der Waals surface area contributed by atoms with Crippen molar-refractivity contribution in [1.29, 1.82) is 0 Å². The third-order valence-electron chi connectivity index (χ3n) is 18.2. The number of unbranched alkanes of at least 4 members (excludes halogenated alkanes) is 4. The average molecular weight is 1290 g/mol. The molecule has 4 saturated carbocycles. The molecule has 0 bridgehead atoms. The van der Waals surface area contributed by atoms with Crippen molar-refractivity contribution < 1.29 is 78.1 Å². The summed E-state index contributed by atoms with van der Waals surface area (Å²) in [4.78, 5) is 0. The number of hydrogen-bond acceptors (Lipinski definition) is 2. The van der Waals surface area contributed by atoms with Crippen LogP contribution < -0.4 is 28.3 Å². The van der Waals surface area contributed by atoms with Crippen molar-refractivity contribution in [2.75, 3.05) is 0 Å². The first-order chi connectivity index (χ1) is 40.6. The quantitative estimate of drug-likeness (QED) is 0.0428. The Labute approximate surface area is 554 Å². The van der Waals surface area contributed by atoms with Gasteiger partial charge in [-0.2, -0.15) is 35.1 Å². The first kappa shape index (κ1) is 84.1. The predicted octanol–water partition coefficient (Wildman–Crippen LogP) is 24.2. The van der Waals surface area contributed by atoms with Gasteiger partial charge in [0, 0.05) is 11.3 Å². The van der Waals surface area contributed by atoms with E-state index in [2.05, 4.69) is 113 Å². The number of ether oxygens (including phenoxy) is 2. The van der Waals surface area contributed by atoms with Crippen molar-refractivity contribution in [1.82, 2.24) is 0 Å². The Kier molecular flexibility index (Phi) is 37.7. The van der Waals surface area contributed by atoms with Crippen molar-refractivity contribution >= 4 is 11.6 Å². The summed E-state index contributed by atoms with van der Waals surface area (Å²) in [5.41, 5.74) is 5.78. The van der Waals surface area contributed by atoms with E-state index >= 15 is 0 Å². The molecule has 0 radical (unpaired) electrons. The molecule has 0 heterocycles. The van der Waals surface area contributed by atoms with E-state index in [0.717, 1.165) is 85.0 Å². The molecule has 15 heteroatoms. The summed E-state index contributed by atoms with van der Waals surface area (Å²) < 4.78 is 151. The zero-order chi connectivity index (χ0) is 63.2. The molecule has 0 amide bonds. The minimum absolute atomic E-state index is 0. The molecular formula is C75H109ClF11LiO2. The third-order valence-corrected chi connectivity index (χ3v) is 18.7. The Morgan fingerprint density at radius 2 is 0.733 bits per heavy atom. The van der Waals surface area contributed by atoms with Crippen molar-refractivity contribution in [2.45, 2.75) is 260 Å². The normalized spacial score (nSPS) is 22.1. The Balaban J connectivity index is 0.00000121. The van der Waals surface area contributed by atoms with Crippen LogP contribution in [0.5, 0.6) is 11.5 Å². The minimum Gasteiger partial charge on any atom is -1.00 e. The van der Waals surface area contributed by atoms with Crippen LogP contribution in [0.3, 0.4) is 0 Å². The van der Waals surface area contributed by atoms with Crippen LogP contribution in [0.15, 0.2) is 121 Å². The van der Waals surface area contributed by atoms with Gasteiger partial charge in [-0.25, -0.2) is 13.2 Å². The van der Waals surface area contributed by atoms with Gasteiger partial charge < -0.3 is 10.9 Å². The smallest absolute Gasteiger partial charge is 1.00 e. The van der Waals surface area contributed by atoms with Crippen LogP contribution >= 0.6 is 11.6 Å². The van der Waals surface area contributed by atoms with Crippen LogP contribution in [0.2, 0.25) is 0 Å². The van der Waals surface area contributed by atoms with Crippen LogP contribution in [-0.4, -0.2) is 17.6 Å². The molecule has 0 aromatic heterocycles. The molecule has 2 nitrogen and oxygen atoms in total. The van der Waals surface area contributed by atoms with E-state index in [0.29, 0.717) is 30.1 Å². The van der Waals surface area contributed by atoms with Crippen molar-refractivity contribution in [3.05, 3.63) is 143 Å². The number of benzene rings is 4. The van der Waals surface area contributed by atoms with E-state index in [1.165, 1.54) is 151 Å². The van der Waals surface area contributed by atoms with Gasteiger partial charge in [0.15, 0.2) is 0 Å². The molecule has 4 aromatic carbocycles. The van der Waals surface area contributed by atoms with Gasteiger partial charge in [0.1, 0.15) is 29.0 Å². The molecule has 4 aromatic rings. The zero-order valence-corrected chi connectivity index (χ0v) is 53.9. The standard InChI is InChI=1S/C26H35F5O.C20H26.C17H31Cl.C9H4F6O.3CH4.Li.H/c1-2-3-4-5-18-6-8-19(9-7-18)20-10-12-21(13-11-20)24(28)25(29)26(30,31)32-23-16-14-22(27)15-17-23;1-19(2,3)17-11-7-15(8-12-17)16-9-13-18(14-10-16)20(4,5)6;1-2-3-4-5-14-6-8-15(9-7-14)16-10-12-17(18)13-11-16;10-5-1-3-6(4-2-5)16-9(14,15)7(11)8(12)13;;;;;/h14-21H,2-13H2,1H3;7-14H,1-6H3;14-17H,2-13H2,1H3;1-4H;3*1H4;;/q;;;;;;;+1;-1/b25-24+;;;;;;;;. The molecular weight excluding hydrogens is 1180 g/mol. The van der Waals surface area contributed by atoms with Gasteiger partial charge in [-0.1, -0.05) is 203 Å². The molecule has 8 rings (SSSR count). The maximum atomic E-state index is 14.6. The van der Waals surface area contributed by atoms with Crippen LogP contribution in [0.1, 0.15) is 244 Å². The molecule has 506 valence electrons. The van der Waals surface area contributed by atoms with Crippen LogP contribution in [0.25, 0.3) is 11.1 Å². The van der Waals surface area contributed by atoms with Gasteiger partial charge in [0.2, 0.25) is 5.83 Å². The van der Waals surface area contributed by atoms with E-state index < -0.39 is 64.8 Å². The number of hydrogen-bond donors (Lipinski definition) is 0. The topological polar surface area (TPSA) is 18.5 Å². The maximum absolute atomic E-state index is 14.6. The average Bonchev–Trinajstić information content (AvgIpc) is 3.31. The number of alkyl halides is 5. The summed E-state index contributed by atoms with van der Waals surface area (Å²) in [6, 6.07) is 24.7. The van der Waals surface area contributed by atoms with E-state index in [4.69, 9.17) is 11.6 Å². The van der Waals surface area contributed by atoms with Gasteiger partial charge in [-0.3, -0.25) is 0 Å². The second-order valence-corrected chi connectivity index (χ2v) is 27.3. The fourth-order valence-corrected chi connectivity index (χ4v) is 13.1. The molecule has 0 atom stereocenters. The van der Waals surface area contributed by atoms with Crippen LogP contribution in [-0.2, 0) is 10.8 Å². The summed E-state index contributed by atoms with van der Waals surface area (Å²) in [6.07, 6.45) is 17.2. The largest absolute Gasteiger partial charge is 1.00 e. The SMILES string of the molecule is C.C.C.CC(C)(C)c1ccc(-c2ccc(C(C)(C)C)cc2)cc1.CCCCCC1CCC(C2CCC(/C(F)=C(\F)C(F)(F)Oc3ccc(F)cc3)CC2)CC1.CCCCCC1CCC(C2CCC(Cl)CC2)CC1.FC(F)=C(F)C(F)(F)Oc1ccc(F)cc1.[H-].[Li+]. The fraction of sp³-hybridized carbons (Fsp3) is 0.627. The van der Waals surface area contributed by atoms with Crippen molar-refractivity contribution in [2.24, 2.45) is 41.4 Å². The van der Waals surface area contributed by atoms with Gasteiger partial charge in [0.05, 0.1) is 0 Å². The fourth-order valence-electron chi connectivity index (χ4n) is 12.8. The van der Waals surface area contributed by atoms with E-state index in [-0.39, 0.29) is 53.4 Å². The van der Waals surface area contributed by atoms with Gasteiger partial charge in [-0.05, 0) is 194 Å². The molecule has 4 aliphatic rings. The molecule has 0 aliphatic heterocycles. The number of rotatable bonds is 18. The van der Waals surface area contributed by atoms with Gasteiger partial charge >= 0.3 is 37.2 Å². The predicted molar refractivity (Wildman–Crippen MR) is 350 cm³/mol. The molecule has 0 unspecified atom stereocenters. The molecule has 0 spiro atoms. The second-order valence-electron chi connectivity index (χ2n) is 26.7. The van der Waals surface area contributed by atoms with E-state index in [1.54, 1.807) is 0 Å². The maximum Gasteiger partial charge on any atom is 1.00 e. The molecule has 0 N–H and O–H groups in total. The summed E-state index contributed by atoms with van der Waals surface area (Å²) in [5, 5.41) is 0.492. The molecule has 0 saturated heterocycles. The van der Waals surface area contributed by atoms with Gasteiger partial charge in [-0.15, -0.1) is 11.6 Å². The van der Waals surface area contributed by atoms with Crippen LogP contribution in [0, 0.1) is 53.1 Å². The van der Waals surface area contributed by atoms with Crippen LogP contribution in [0.4, 0.5) is 48.3 Å². The molecule has 90 heavy (non-hydrogen) atoms. The third kappa shape index (κ3) is 28.0.